The van der Waals surface area contributed by atoms with E-state index in [1.165, 1.54) is 7.11 Å². The minimum Gasteiger partial charge on any atom is -0.495 e. The standard InChI is InChI=1S/C18H26N2O5S/c1-11-9-12(2)18(15(10-11)24-3)26(22,23)20-13-6-7-16(21)19-17(13)14-5-4-8-25-14/h9-10,13-14,17,20H,4-8H2,1-3H3,(H,19,21). The molecule has 3 atom stereocenters. The molecule has 3 rings (SSSR count). The third-order valence-electron chi connectivity index (χ3n) is 4.99. The number of methoxy groups -OCH3 is 1. The molecule has 1 aromatic carbocycles. The number of hydrogen-bond donors (Lipinski definition) is 2. The summed E-state index contributed by atoms with van der Waals surface area (Å²) in [6, 6.07) is 2.76. The Balaban J connectivity index is 1.89. The summed E-state index contributed by atoms with van der Waals surface area (Å²) in [7, 11) is -2.35. The van der Waals surface area contributed by atoms with Gasteiger partial charge in [0.1, 0.15) is 10.6 Å². The number of carbonyl (C=O) groups is 1. The summed E-state index contributed by atoms with van der Waals surface area (Å²) in [6.45, 7) is 4.29. The number of piperidine rings is 1. The molecule has 8 heteroatoms. The molecule has 0 aromatic heterocycles. The average molecular weight is 382 g/mol. The van der Waals surface area contributed by atoms with E-state index >= 15 is 0 Å². The highest BCUT2D eigenvalue weighted by Gasteiger charge is 2.39. The molecule has 3 unspecified atom stereocenters. The number of hydrogen-bond acceptors (Lipinski definition) is 5. The number of carbonyl (C=O) groups excluding carboxylic acids is 1. The van der Waals surface area contributed by atoms with Crippen LogP contribution in [0.2, 0.25) is 0 Å². The highest BCUT2D eigenvalue weighted by Crippen LogP contribution is 2.30. The molecule has 2 aliphatic rings. The lowest BCUT2D eigenvalue weighted by molar-refractivity contribution is -0.125. The van der Waals surface area contributed by atoms with E-state index in [-0.39, 0.29) is 22.9 Å². The van der Waals surface area contributed by atoms with Crippen LogP contribution in [0.4, 0.5) is 0 Å². The van der Waals surface area contributed by atoms with Crippen molar-refractivity contribution < 1.29 is 22.7 Å². The number of amides is 1. The van der Waals surface area contributed by atoms with Crippen molar-refractivity contribution in [1.29, 1.82) is 0 Å². The van der Waals surface area contributed by atoms with Crippen molar-refractivity contribution in [3.63, 3.8) is 0 Å². The van der Waals surface area contributed by atoms with Crippen LogP contribution in [0.1, 0.15) is 36.8 Å². The van der Waals surface area contributed by atoms with Gasteiger partial charge in [-0.05, 0) is 50.3 Å². The third kappa shape index (κ3) is 3.87. The first-order chi connectivity index (χ1) is 12.3. The smallest absolute Gasteiger partial charge is 0.244 e. The maximum atomic E-state index is 13.1. The van der Waals surface area contributed by atoms with Gasteiger partial charge >= 0.3 is 0 Å². The first kappa shape index (κ1) is 19.1. The van der Waals surface area contributed by atoms with Crippen LogP contribution in [-0.2, 0) is 19.6 Å². The molecule has 1 amide bonds. The Morgan fingerprint density at radius 3 is 2.69 bits per heavy atom. The van der Waals surface area contributed by atoms with Crippen molar-refractivity contribution >= 4 is 15.9 Å². The first-order valence-electron chi connectivity index (χ1n) is 8.90. The first-order valence-corrected chi connectivity index (χ1v) is 10.4. The Kier molecular flexibility index (Phi) is 5.55. The number of rotatable bonds is 5. The van der Waals surface area contributed by atoms with Crippen LogP contribution < -0.4 is 14.8 Å². The Morgan fingerprint density at radius 2 is 2.04 bits per heavy atom. The van der Waals surface area contributed by atoms with E-state index in [0.717, 1.165) is 18.4 Å². The van der Waals surface area contributed by atoms with Crippen molar-refractivity contribution in [2.75, 3.05) is 13.7 Å². The predicted octanol–water partition coefficient (Wildman–Crippen LogP) is 1.42. The zero-order chi connectivity index (χ0) is 18.9. The fourth-order valence-electron chi connectivity index (χ4n) is 3.86. The lowest BCUT2D eigenvalue weighted by Crippen LogP contribution is -2.60. The zero-order valence-electron chi connectivity index (χ0n) is 15.4. The molecule has 26 heavy (non-hydrogen) atoms. The maximum absolute atomic E-state index is 13.1. The molecule has 144 valence electrons. The summed E-state index contributed by atoms with van der Waals surface area (Å²) >= 11 is 0. The molecule has 2 saturated heterocycles. The molecule has 2 fully saturated rings. The SMILES string of the molecule is COc1cc(C)cc(C)c1S(=O)(=O)NC1CCC(=O)NC1C1CCCO1. The van der Waals surface area contributed by atoms with Gasteiger partial charge in [0.15, 0.2) is 0 Å². The van der Waals surface area contributed by atoms with E-state index in [1.807, 2.05) is 13.0 Å². The lowest BCUT2D eigenvalue weighted by atomic mass is 9.93. The molecule has 2 aliphatic heterocycles. The summed E-state index contributed by atoms with van der Waals surface area (Å²) < 4.78 is 40.0. The van der Waals surface area contributed by atoms with Crippen LogP contribution in [0.25, 0.3) is 0 Å². The summed E-state index contributed by atoms with van der Waals surface area (Å²) in [5.41, 5.74) is 1.56. The summed E-state index contributed by atoms with van der Waals surface area (Å²) in [5, 5.41) is 2.91. The van der Waals surface area contributed by atoms with Gasteiger partial charge in [-0.1, -0.05) is 6.07 Å². The van der Waals surface area contributed by atoms with Crippen LogP contribution in [0.5, 0.6) is 5.75 Å². The van der Waals surface area contributed by atoms with Gasteiger partial charge in [-0.25, -0.2) is 13.1 Å². The predicted molar refractivity (Wildman–Crippen MR) is 96.7 cm³/mol. The van der Waals surface area contributed by atoms with E-state index < -0.39 is 16.1 Å². The highest BCUT2D eigenvalue weighted by atomic mass is 32.2. The Labute approximate surface area is 154 Å². The number of aryl methyl sites for hydroxylation is 2. The zero-order valence-corrected chi connectivity index (χ0v) is 16.2. The monoisotopic (exact) mass is 382 g/mol. The van der Waals surface area contributed by atoms with Crippen LogP contribution in [0.15, 0.2) is 17.0 Å². The van der Waals surface area contributed by atoms with Gasteiger partial charge in [0.05, 0.1) is 19.3 Å². The lowest BCUT2D eigenvalue weighted by Gasteiger charge is -2.36. The second-order valence-corrected chi connectivity index (χ2v) is 8.68. The van der Waals surface area contributed by atoms with E-state index in [2.05, 4.69) is 10.0 Å². The molecular weight excluding hydrogens is 356 g/mol. The topological polar surface area (TPSA) is 93.7 Å². The largest absolute Gasteiger partial charge is 0.495 e. The summed E-state index contributed by atoms with van der Waals surface area (Å²) in [6.07, 6.45) is 2.31. The Bertz CT molecular complexity index is 787. The van der Waals surface area contributed by atoms with Gasteiger partial charge in [0.25, 0.3) is 0 Å². The van der Waals surface area contributed by atoms with Gasteiger partial charge in [-0.2, -0.15) is 0 Å². The second kappa shape index (κ2) is 7.54. The van der Waals surface area contributed by atoms with E-state index in [0.29, 0.717) is 30.8 Å². The molecule has 0 bridgehead atoms. The normalized spacial score (nSPS) is 26.6. The molecular formula is C18H26N2O5S. The van der Waals surface area contributed by atoms with Crippen LogP contribution in [-0.4, -0.2) is 46.2 Å². The molecule has 2 heterocycles. The van der Waals surface area contributed by atoms with Crippen molar-refractivity contribution in [2.45, 2.75) is 62.6 Å². The minimum absolute atomic E-state index is 0.0648. The fraction of sp³-hybridized carbons (Fsp3) is 0.611. The van der Waals surface area contributed by atoms with Crippen LogP contribution in [0.3, 0.4) is 0 Å². The Hall–Kier alpha value is -1.64. The van der Waals surface area contributed by atoms with Crippen molar-refractivity contribution in [3.8, 4) is 5.75 Å². The van der Waals surface area contributed by atoms with E-state index in [9.17, 15) is 13.2 Å². The molecule has 1 aromatic rings. The molecule has 2 N–H and O–H groups in total. The average Bonchev–Trinajstić information content (AvgIpc) is 3.09. The highest BCUT2D eigenvalue weighted by molar-refractivity contribution is 7.89. The van der Waals surface area contributed by atoms with E-state index in [1.54, 1.807) is 13.0 Å². The third-order valence-corrected chi connectivity index (χ3v) is 6.66. The van der Waals surface area contributed by atoms with Gasteiger partial charge in [0.2, 0.25) is 15.9 Å². The van der Waals surface area contributed by atoms with Crippen molar-refractivity contribution in [3.05, 3.63) is 23.3 Å². The van der Waals surface area contributed by atoms with E-state index in [4.69, 9.17) is 9.47 Å². The van der Waals surface area contributed by atoms with Gasteiger partial charge in [0, 0.05) is 19.1 Å². The maximum Gasteiger partial charge on any atom is 0.244 e. The van der Waals surface area contributed by atoms with Crippen LogP contribution >= 0.6 is 0 Å². The summed E-state index contributed by atoms with van der Waals surface area (Å²) in [5.74, 6) is 0.258. The Morgan fingerprint density at radius 1 is 1.27 bits per heavy atom. The second-order valence-electron chi connectivity index (χ2n) is 7.02. The van der Waals surface area contributed by atoms with Gasteiger partial charge in [-0.15, -0.1) is 0 Å². The number of benzene rings is 1. The number of nitrogens with one attached hydrogen (secondary N) is 2. The van der Waals surface area contributed by atoms with Gasteiger partial charge < -0.3 is 14.8 Å². The fourth-order valence-corrected chi connectivity index (χ4v) is 5.54. The molecule has 0 radical (unpaired) electrons. The van der Waals surface area contributed by atoms with Gasteiger partial charge in [-0.3, -0.25) is 4.79 Å². The van der Waals surface area contributed by atoms with Crippen LogP contribution in [0, 0.1) is 13.8 Å². The summed E-state index contributed by atoms with van der Waals surface area (Å²) in [4.78, 5) is 12.0. The quantitative estimate of drug-likeness (QED) is 0.803. The number of sulfonamides is 1. The molecule has 7 nitrogen and oxygen atoms in total. The van der Waals surface area contributed by atoms with Crippen molar-refractivity contribution in [2.24, 2.45) is 0 Å². The minimum atomic E-state index is -3.81. The molecule has 0 aliphatic carbocycles. The molecule has 0 saturated carbocycles. The number of ether oxygens (including phenoxy) is 2. The molecule has 0 spiro atoms. The van der Waals surface area contributed by atoms with Crippen molar-refractivity contribution in [1.82, 2.24) is 10.0 Å².